The van der Waals surface area contributed by atoms with Gasteiger partial charge in [0.2, 0.25) is 0 Å². The van der Waals surface area contributed by atoms with Gasteiger partial charge in [0, 0.05) is 18.0 Å². The summed E-state index contributed by atoms with van der Waals surface area (Å²) in [5.74, 6) is 0.0846. The fourth-order valence-corrected chi connectivity index (χ4v) is 3.34. The highest BCUT2D eigenvalue weighted by Gasteiger charge is 2.17. The molecule has 2 heterocycles. The van der Waals surface area contributed by atoms with Crippen molar-refractivity contribution < 1.29 is 4.79 Å². The fraction of sp³-hybridized carbons (Fsp3) is 0.385. The van der Waals surface area contributed by atoms with E-state index in [1.807, 2.05) is 0 Å². The van der Waals surface area contributed by atoms with Crippen molar-refractivity contribution in [1.29, 1.82) is 0 Å². The number of nitrogens with zero attached hydrogens (tertiary/aromatic N) is 1. The van der Waals surface area contributed by atoms with Gasteiger partial charge in [-0.15, -0.1) is 22.7 Å². The second kappa shape index (κ2) is 4.35. The van der Waals surface area contributed by atoms with Crippen LogP contribution in [-0.2, 0) is 5.41 Å². The summed E-state index contributed by atoms with van der Waals surface area (Å²) >= 11 is 3.22. The third kappa shape index (κ3) is 2.64. The van der Waals surface area contributed by atoms with Gasteiger partial charge in [-0.05, 0) is 17.5 Å². The number of rotatable bonds is 2. The highest BCUT2D eigenvalue weighted by atomic mass is 32.1. The first-order valence-electron chi connectivity index (χ1n) is 5.45. The lowest BCUT2D eigenvalue weighted by Crippen LogP contribution is -2.07. The molecular formula is C13H15NOS2. The van der Waals surface area contributed by atoms with E-state index < -0.39 is 0 Å². The number of carbonyl (C=O) groups excluding carboxylic acids is 1. The van der Waals surface area contributed by atoms with Gasteiger partial charge in [-0.1, -0.05) is 20.8 Å². The summed E-state index contributed by atoms with van der Waals surface area (Å²) in [6.07, 6.45) is 1.67. The molecule has 0 N–H and O–H groups in total. The summed E-state index contributed by atoms with van der Waals surface area (Å²) < 4.78 is 0. The normalized spacial score (nSPS) is 11.8. The Morgan fingerprint density at radius 2 is 1.94 bits per heavy atom. The molecule has 0 atom stereocenters. The minimum atomic E-state index is 0.0846. The average molecular weight is 265 g/mol. The van der Waals surface area contributed by atoms with Gasteiger partial charge in [0.1, 0.15) is 5.01 Å². The summed E-state index contributed by atoms with van der Waals surface area (Å²) in [6.45, 7) is 8.18. The van der Waals surface area contributed by atoms with Crippen molar-refractivity contribution in [3.8, 4) is 9.88 Å². The maximum absolute atomic E-state index is 11.2. The number of thiazole rings is 1. The molecule has 0 radical (unpaired) electrons. The second-order valence-corrected chi connectivity index (χ2v) is 7.11. The third-order valence-electron chi connectivity index (χ3n) is 2.41. The Hall–Kier alpha value is -1.00. The van der Waals surface area contributed by atoms with Gasteiger partial charge in [0.25, 0.3) is 0 Å². The summed E-state index contributed by atoms with van der Waals surface area (Å²) in [5, 5.41) is 0.940. The Bertz CT molecular complexity index is 546. The van der Waals surface area contributed by atoms with Gasteiger partial charge in [0.05, 0.1) is 9.75 Å². The molecule has 0 saturated heterocycles. The van der Waals surface area contributed by atoms with Crippen LogP contribution in [0.3, 0.4) is 0 Å². The van der Waals surface area contributed by atoms with Crippen LogP contribution < -0.4 is 0 Å². The van der Waals surface area contributed by atoms with Crippen molar-refractivity contribution in [3.63, 3.8) is 0 Å². The smallest absolute Gasteiger partial charge is 0.171 e. The molecule has 0 fully saturated rings. The molecule has 0 aliphatic heterocycles. The van der Waals surface area contributed by atoms with Crippen molar-refractivity contribution in [2.24, 2.45) is 0 Å². The first kappa shape index (κ1) is 12.5. The molecule has 0 aliphatic carbocycles. The van der Waals surface area contributed by atoms with Crippen LogP contribution in [0.5, 0.6) is 0 Å². The van der Waals surface area contributed by atoms with Crippen molar-refractivity contribution in [3.05, 3.63) is 28.1 Å². The zero-order chi connectivity index (χ0) is 12.6. The van der Waals surface area contributed by atoms with Crippen LogP contribution in [0.2, 0.25) is 0 Å². The Labute approximate surface area is 109 Å². The molecule has 0 amide bonds. The van der Waals surface area contributed by atoms with Crippen LogP contribution in [0.25, 0.3) is 9.88 Å². The van der Waals surface area contributed by atoms with E-state index in [9.17, 15) is 4.79 Å². The molecule has 0 unspecified atom stereocenters. The monoisotopic (exact) mass is 265 g/mol. The highest BCUT2D eigenvalue weighted by Crippen LogP contribution is 2.36. The first-order valence-corrected chi connectivity index (χ1v) is 7.08. The molecule has 17 heavy (non-hydrogen) atoms. The third-order valence-corrected chi connectivity index (χ3v) is 5.19. The van der Waals surface area contributed by atoms with Crippen molar-refractivity contribution >= 4 is 28.5 Å². The Kier molecular flexibility index (Phi) is 3.19. The van der Waals surface area contributed by atoms with Crippen LogP contribution in [0.15, 0.2) is 18.3 Å². The molecule has 2 rings (SSSR count). The average Bonchev–Trinajstić information content (AvgIpc) is 2.85. The molecule has 0 aliphatic rings. The second-order valence-electron chi connectivity index (χ2n) is 5.00. The maximum Gasteiger partial charge on any atom is 0.171 e. The quantitative estimate of drug-likeness (QED) is 0.755. The summed E-state index contributed by atoms with van der Waals surface area (Å²) in [7, 11) is 0. The van der Waals surface area contributed by atoms with E-state index in [1.165, 1.54) is 16.2 Å². The summed E-state index contributed by atoms with van der Waals surface area (Å²) in [5.41, 5.74) is 0.170. The molecule has 0 spiro atoms. The molecule has 90 valence electrons. The number of thiophene rings is 1. The zero-order valence-electron chi connectivity index (χ0n) is 10.4. The van der Waals surface area contributed by atoms with Gasteiger partial charge in [-0.3, -0.25) is 4.79 Å². The van der Waals surface area contributed by atoms with E-state index >= 15 is 0 Å². The van der Waals surface area contributed by atoms with Gasteiger partial charge in [0.15, 0.2) is 5.78 Å². The molecule has 0 bridgehead atoms. The lowest BCUT2D eigenvalue weighted by molar-refractivity contribution is 0.102. The van der Waals surface area contributed by atoms with Crippen LogP contribution in [0.1, 0.15) is 42.2 Å². The number of hydrogen-bond acceptors (Lipinski definition) is 4. The zero-order valence-corrected chi connectivity index (χ0v) is 12.0. The molecule has 2 aromatic rings. The first-order chi connectivity index (χ1) is 7.88. The van der Waals surface area contributed by atoms with Crippen molar-refractivity contribution in [1.82, 2.24) is 4.98 Å². The van der Waals surface area contributed by atoms with E-state index in [4.69, 9.17) is 0 Å². The molecule has 2 nitrogen and oxygen atoms in total. The predicted octanol–water partition coefficient (Wildman–Crippen LogP) is 4.37. The summed E-state index contributed by atoms with van der Waals surface area (Å²) in [6, 6.07) is 4.24. The Morgan fingerprint density at radius 1 is 1.24 bits per heavy atom. The van der Waals surface area contributed by atoms with Gasteiger partial charge in [-0.25, -0.2) is 4.98 Å². The van der Waals surface area contributed by atoms with E-state index in [-0.39, 0.29) is 11.2 Å². The molecule has 2 aromatic heterocycles. The van der Waals surface area contributed by atoms with Crippen LogP contribution in [-0.4, -0.2) is 10.8 Å². The lowest BCUT2D eigenvalue weighted by Gasteiger charge is -2.15. The van der Waals surface area contributed by atoms with Crippen LogP contribution in [0, 0.1) is 0 Å². The Balaban J connectivity index is 2.34. The van der Waals surface area contributed by atoms with E-state index in [2.05, 4.69) is 37.9 Å². The largest absolute Gasteiger partial charge is 0.294 e. The molecule has 0 saturated carbocycles. The standard InChI is InChI=1S/C13H15NOS2/c1-8(15)10-7-14-12(17-10)9-5-6-11(16-9)13(2,3)4/h5-7H,1-4H3. The number of aromatic nitrogens is 1. The minimum Gasteiger partial charge on any atom is -0.294 e. The molecule has 4 heteroatoms. The topological polar surface area (TPSA) is 30.0 Å². The lowest BCUT2D eigenvalue weighted by atomic mass is 9.95. The SMILES string of the molecule is CC(=O)c1cnc(-c2ccc(C(C)(C)C)s2)s1. The van der Waals surface area contributed by atoms with Crippen molar-refractivity contribution in [2.45, 2.75) is 33.1 Å². The van der Waals surface area contributed by atoms with Gasteiger partial charge < -0.3 is 0 Å². The van der Waals surface area contributed by atoms with E-state index in [0.717, 1.165) is 14.8 Å². The van der Waals surface area contributed by atoms with Crippen LogP contribution in [0.4, 0.5) is 0 Å². The predicted molar refractivity (Wildman–Crippen MR) is 74.1 cm³/mol. The number of Topliss-reactive ketones (excluding diaryl/α,β-unsaturated/α-hetero) is 1. The molecule has 0 aromatic carbocycles. The van der Waals surface area contributed by atoms with Gasteiger partial charge >= 0.3 is 0 Å². The fourth-order valence-electron chi connectivity index (χ4n) is 1.41. The minimum absolute atomic E-state index is 0.0846. The van der Waals surface area contributed by atoms with E-state index in [0.29, 0.717) is 0 Å². The van der Waals surface area contributed by atoms with E-state index in [1.54, 1.807) is 24.5 Å². The van der Waals surface area contributed by atoms with Gasteiger partial charge in [-0.2, -0.15) is 0 Å². The number of hydrogen-bond donors (Lipinski definition) is 0. The van der Waals surface area contributed by atoms with Crippen LogP contribution >= 0.6 is 22.7 Å². The highest BCUT2D eigenvalue weighted by molar-refractivity contribution is 7.22. The summed E-state index contributed by atoms with van der Waals surface area (Å²) in [4.78, 5) is 18.8. The maximum atomic E-state index is 11.2. The Morgan fingerprint density at radius 3 is 2.41 bits per heavy atom. The number of ketones is 1. The molecular weight excluding hydrogens is 250 g/mol. The number of carbonyl (C=O) groups is 1. The van der Waals surface area contributed by atoms with Crippen molar-refractivity contribution in [2.75, 3.05) is 0 Å².